The summed E-state index contributed by atoms with van der Waals surface area (Å²) in [5.74, 6) is 0. The predicted molar refractivity (Wildman–Crippen MR) is 64.0 cm³/mol. The molecule has 1 atom stereocenters. The topological polar surface area (TPSA) is 35.5 Å². The van der Waals surface area contributed by atoms with E-state index in [1.54, 1.807) is 0 Å². The van der Waals surface area contributed by atoms with Crippen LogP contribution in [0.25, 0.3) is 0 Å². The standard InChI is InChI=1S/C12H24N2O/c1-4-5-12(13-10-11(2)15)6-8-14(3)9-7-12/h4,11,13,15H,1,5-10H2,2-3H3. The van der Waals surface area contributed by atoms with Gasteiger partial charge in [-0.25, -0.2) is 0 Å². The van der Waals surface area contributed by atoms with Crippen molar-refractivity contribution in [3.05, 3.63) is 12.7 Å². The normalized spacial score (nSPS) is 23.7. The Morgan fingerprint density at radius 1 is 1.53 bits per heavy atom. The van der Waals surface area contributed by atoms with E-state index in [1.165, 1.54) is 0 Å². The zero-order valence-corrected chi connectivity index (χ0v) is 10.00. The smallest absolute Gasteiger partial charge is 0.0636 e. The molecule has 1 saturated heterocycles. The van der Waals surface area contributed by atoms with Crippen molar-refractivity contribution in [1.29, 1.82) is 0 Å². The fraction of sp³-hybridized carbons (Fsp3) is 0.833. The van der Waals surface area contributed by atoms with Crippen LogP contribution in [0.3, 0.4) is 0 Å². The van der Waals surface area contributed by atoms with E-state index < -0.39 is 0 Å². The van der Waals surface area contributed by atoms with Crippen LogP contribution in [0.4, 0.5) is 0 Å². The Morgan fingerprint density at radius 3 is 2.60 bits per heavy atom. The molecule has 1 aliphatic rings. The van der Waals surface area contributed by atoms with Gasteiger partial charge in [-0.15, -0.1) is 6.58 Å². The minimum absolute atomic E-state index is 0.172. The average Bonchev–Trinajstić information content (AvgIpc) is 2.20. The second-order valence-corrected chi connectivity index (χ2v) is 4.81. The Hall–Kier alpha value is -0.380. The largest absolute Gasteiger partial charge is 0.392 e. The Labute approximate surface area is 93.2 Å². The van der Waals surface area contributed by atoms with Crippen LogP contribution >= 0.6 is 0 Å². The van der Waals surface area contributed by atoms with E-state index in [-0.39, 0.29) is 11.6 Å². The molecule has 3 heteroatoms. The van der Waals surface area contributed by atoms with Crippen LogP contribution in [-0.4, -0.2) is 48.3 Å². The van der Waals surface area contributed by atoms with Gasteiger partial charge in [0.15, 0.2) is 0 Å². The molecule has 2 N–H and O–H groups in total. The lowest BCUT2D eigenvalue weighted by atomic mass is 9.84. The molecule has 1 unspecified atom stereocenters. The number of β-amino-alcohol motifs (C(OH)–C–C–N with tert-alkyl or cyclic N) is 1. The van der Waals surface area contributed by atoms with Crippen molar-refractivity contribution >= 4 is 0 Å². The molecule has 0 amide bonds. The highest BCUT2D eigenvalue weighted by molar-refractivity contribution is 4.97. The molecule has 0 bridgehead atoms. The molecule has 0 radical (unpaired) electrons. The Kier molecular flexibility index (Phi) is 4.77. The van der Waals surface area contributed by atoms with E-state index in [0.29, 0.717) is 6.54 Å². The van der Waals surface area contributed by atoms with Crippen LogP contribution in [0.15, 0.2) is 12.7 Å². The first-order valence-electron chi connectivity index (χ1n) is 5.80. The summed E-state index contributed by atoms with van der Waals surface area (Å²) in [6.45, 7) is 8.58. The van der Waals surface area contributed by atoms with Crippen LogP contribution in [0.5, 0.6) is 0 Å². The van der Waals surface area contributed by atoms with Crippen LogP contribution in [0.1, 0.15) is 26.2 Å². The summed E-state index contributed by atoms with van der Waals surface area (Å²) in [7, 11) is 2.16. The maximum atomic E-state index is 9.32. The molecule has 1 rings (SSSR count). The number of rotatable bonds is 5. The molecule has 88 valence electrons. The molecule has 0 aromatic carbocycles. The first kappa shape index (κ1) is 12.7. The lowest BCUT2D eigenvalue weighted by Gasteiger charge is -2.41. The van der Waals surface area contributed by atoms with Crippen molar-refractivity contribution in [2.24, 2.45) is 0 Å². The molecule has 15 heavy (non-hydrogen) atoms. The lowest BCUT2D eigenvalue weighted by molar-refractivity contribution is 0.126. The molecule has 0 spiro atoms. The van der Waals surface area contributed by atoms with Crippen LogP contribution in [0, 0.1) is 0 Å². The second kappa shape index (κ2) is 5.64. The summed E-state index contributed by atoms with van der Waals surface area (Å²) in [6.07, 6.45) is 4.99. The average molecular weight is 212 g/mol. The number of nitrogens with one attached hydrogen (secondary N) is 1. The molecule has 1 fully saturated rings. The van der Waals surface area contributed by atoms with E-state index in [1.807, 2.05) is 13.0 Å². The van der Waals surface area contributed by atoms with Gasteiger partial charge < -0.3 is 15.3 Å². The van der Waals surface area contributed by atoms with Crippen molar-refractivity contribution in [2.45, 2.75) is 37.8 Å². The Bertz CT molecular complexity index is 196. The van der Waals surface area contributed by atoms with Crippen LogP contribution in [0.2, 0.25) is 0 Å². The van der Waals surface area contributed by atoms with E-state index in [0.717, 1.165) is 32.4 Å². The number of aliphatic hydroxyl groups excluding tert-OH is 1. The number of hydrogen-bond acceptors (Lipinski definition) is 3. The van der Waals surface area contributed by atoms with Crippen molar-refractivity contribution in [3.8, 4) is 0 Å². The summed E-state index contributed by atoms with van der Waals surface area (Å²) >= 11 is 0. The van der Waals surface area contributed by atoms with Crippen molar-refractivity contribution < 1.29 is 5.11 Å². The molecular weight excluding hydrogens is 188 g/mol. The molecule has 0 saturated carbocycles. The SMILES string of the molecule is C=CCC1(NCC(C)O)CCN(C)CC1. The monoisotopic (exact) mass is 212 g/mol. The van der Waals surface area contributed by atoms with Gasteiger partial charge >= 0.3 is 0 Å². The summed E-state index contributed by atoms with van der Waals surface area (Å²) in [6, 6.07) is 0. The number of likely N-dealkylation sites (tertiary alicyclic amines) is 1. The predicted octanol–water partition coefficient (Wildman–Crippen LogP) is 0.997. The van der Waals surface area contributed by atoms with Crippen molar-refractivity contribution in [2.75, 3.05) is 26.7 Å². The van der Waals surface area contributed by atoms with Gasteiger partial charge in [-0.2, -0.15) is 0 Å². The fourth-order valence-corrected chi connectivity index (χ4v) is 2.14. The fourth-order valence-electron chi connectivity index (χ4n) is 2.14. The zero-order valence-electron chi connectivity index (χ0n) is 10.00. The van der Waals surface area contributed by atoms with Gasteiger partial charge in [0.25, 0.3) is 0 Å². The number of nitrogens with zero attached hydrogens (tertiary/aromatic N) is 1. The minimum atomic E-state index is -0.272. The molecule has 0 aromatic rings. The molecular formula is C12H24N2O. The zero-order chi connectivity index (χ0) is 11.3. The molecule has 1 heterocycles. The minimum Gasteiger partial charge on any atom is -0.392 e. The van der Waals surface area contributed by atoms with Crippen molar-refractivity contribution in [1.82, 2.24) is 10.2 Å². The van der Waals surface area contributed by atoms with Gasteiger partial charge in [-0.3, -0.25) is 0 Å². The number of aliphatic hydroxyl groups is 1. The number of piperidine rings is 1. The third-order valence-electron chi connectivity index (χ3n) is 3.25. The summed E-state index contributed by atoms with van der Waals surface area (Å²) < 4.78 is 0. The highest BCUT2D eigenvalue weighted by atomic mass is 16.3. The Morgan fingerprint density at radius 2 is 2.13 bits per heavy atom. The van der Waals surface area contributed by atoms with Gasteiger partial charge in [0, 0.05) is 12.1 Å². The highest BCUT2D eigenvalue weighted by Gasteiger charge is 2.31. The molecule has 0 aliphatic carbocycles. The van der Waals surface area contributed by atoms with Gasteiger partial charge in [-0.05, 0) is 46.3 Å². The van der Waals surface area contributed by atoms with Gasteiger partial charge in [0.2, 0.25) is 0 Å². The second-order valence-electron chi connectivity index (χ2n) is 4.81. The van der Waals surface area contributed by atoms with E-state index in [2.05, 4.69) is 23.8 Å². The quantitative estimate of drug-likeness (QED) is 0.667. The van der Waals surface area contributed by atoms with Crippen molar-refractivity contribution in [3.63, 3.8) is 0 Å². The molecule has 0 aromatic heterocycles. The maximum Gasteiger partial charge on any atom is 0.0636 e. The third-order valence-corrected chi connectivity index (χ3v) is 3.25. The number of hydrogen-bond donors (Lipinski definition) is 2. The van der Waals surface area contributed by atoms with Gasteiger partial charge in [-0.1, -0.05) is 6.08 Å². The van der Waals surface area contributed by atoms with Gasteiger partial charge in [0.05, 0.1) is 6.10 Å². The maximum absolute atomic E-state index is 9.32. The molecule has 3 nitrogen and oxygen atoms in total. The summed E-state index contributed by atoms with van der Waals surface area (Å²) in [5.41, 5.74) is 0.172. The lowest BCUT2D eigenvalue weighted by Crippen LogP contribution is -2.53. The van der Waals surface area contributed by atoms with Crippen LogP contribution in [-0.2, 0) is 0 Å². The molecule has 1 aliphatic heterocycles. The summed E-state index contributed by atoms with van der Waals surface area (Å²) in [4.78, 5) is 2.35. The highest BCUT2D eigenvalue weighted by Crippen LogP contribution is 2.25. The first-order chi connectivity index (χ1) is 7.08. The van der Waals surface area contributed by atoms with Gasteiger partial charge in [0.1, 0.15) is 0 Å². The van der Waals surface area contributed by atoms with E-state index >= 15 is 0 Å². The van der Waals surface area contributed by atoms with E-state index in [9.17, 15) is 5.11 Å². The van der Waals surface area contributed by atoms with Crippen LogP contribution < -0.4 is 5.32 Å². The Balaban J connectivity index is 2.50. The summed E-state index contributed by atoms with van der Waals surface area (Å²) in [5, 5.41) is 12.8. The third kappa shape index (κ3) is 3.93. The first-order valence-corrected chi connectivity index (χ1v) is 5.80. The van der Waals surface area contributed by atoms with E-state index in [4.69, 9.17) is 0 Å².